The lowest BCUT2D eigenvalue weighted by atomic mass is 9.77. The average molecular weight is 377 g/mol. The SMILES string of the molecule is CCOCCSC1=NC(C)=C(C(C)=O)[C@@H](c2ccccc2Cl)C1C#N. The number of aliphatic imine (C=N–C) groups is 1. The molecule has 0 N–H and O–H groups in total. The van der Waals surface area contributed by atoms with Gasteiger partial charge in [-0.2, -0.15) is 5.26 Å². The van der Waals surface area contributed by atoms with Gasteiger partial charge in [0.1, 0.15) is 5.92 Å². The number of hydrogen-bond acceptors (Lipinski definition) is 5. The highest BCUT2D eigenvalue weighted by atomic mass is 35.5. The molecule has 132 valence electrons. The zero-order chi connectivity index (χ0) is 18.4. The van der Waals surface area contributed by atoms with Gasteiger partial charge < -0.3 is 4.74 Å². The number of benzene rings is 1. The maximum atomic E-state index is 12.3. The highest BCUT2D eigenvalue weighted by Crippen LogP contribution is 2.43. The Morgan fingerprint density at radius 2 is 2.16 bits per heavy atom. The van der Waals surface area contributed by atoms with Gasteiger partial charge in [-0.1, -0.05) is 29.8 Å². The predicted octanol–water partition coefficient (Wildman–Crippen LogP) is 4.61. The summed E-state index contributed by atoms with van der Waals surface area (Å²) >= 11 is 7.89. The van der Waals surface area contributed by atoms with Gasteiger partial charge in [-0.25, -0.2) is 4.99 Å². The van der Waals surface area contributed by atoms with Gasteiger partial charge in [0.05, 0.1) is 17.7 Å². The second-order valence-electron chi connectivity index (χ2n) is 5.66. The highest BCUT2D eigenvalue weighted by Gasteiger charge is 2.38. The number of hydrogen-bond donors (Lipinski definition) is 0. The zero-order valence-corrected chi connectivity index (χ0v) is 16.2. The van der Waals surface area contributed by atoms with Gasteiger partial charge in [-0.05, 0) is 32.4 Å². The van der Waals surface area contributed by atoms with E-state index in [0.29, 0.717) is 35.3 Å². The average Bonchev–Trinajstić information content (AvgIpc) is 2.58. The van der Waals surface area contributed by atoms with Crippen LogP contribution in [-0.4, -0.2) is 29.8 Å². The van der Waals surface area contributed by atoms with E-state index in [2.05, 4.69) is 11.1 Å². The molecule has 0 saturated heterocycles. The number of nitriles is 1. The number of rotatable bonds is 6. The second kappa shape index (κ2) is 9.19. The van der Waals surface area contributed by atoms with Crippen LogP contribution in [-0.2, 0) is 9.53 Å². The molecule has 1 aromatic rings. The van der Waals surface area contributed by atoms with Gasteiger partial charge >= 0.3 is 0 Å². The molecule has 1 unspecified atom stereocenters. The topological polar surface area (TPSA) is 62.4 Å². The Balaban J connectivity index is 2.45. The first-order valence-electron chi connectivity index (χ1n) is 8.16. The molecule has 0 fully saturated rings. The summed E-state index contributed by atoms with van der Waals surface area (Å²) in [6.45, 7) is 6.53. The van der Waals surface area contributed by atoms with Crippen LogP contribution in [0.1, 0.15) is 32.3 Å². The molecule has 0 aromatic heterocycles. The van der Waals surface area contributed by atoms with Gasteiger partial charge in [-0.3, -0.25) is 4.79 Å². The van der Waals surface area contributed by atoms with Crippen LogP contribution in [0, 0.1) is 17.2 Å². The molecule has 0 bridgehead atoms. The van der Waals surface area contributed by atoms with Crippen molar-refractivity contribution in [2.24, 2.45) is 10.9 Å². The summed E-state index contributed by atoms with van der Waals surface area (Å²) in [6, 6.07) is 9.71. The largest absolute Gasteiger partial charge is 0.381 e. The molecule has 0 spiro atoms. The van der Waals surface area contributed by atoms with Gasteiger partial charge in [0.15, 0.2) is 5.78 Å². The Kier molecular flexibility index (Phi) is 7.24. The van der Waals surface area contributed by atoms with E-state index in [1.807, 2.05) is 32.0 Å². The highest BCUT2D eigenvalue weighted by molar-refractivity contribution is 8.14. The van der Waals surface area contributed by atoms with Crippen LogP contribution in [0.3, 0.4) is 0 Å². The maximum absolute atomic E-state index is 12.3. The third kappa shape index (κ3) is 4.52. The monoisotopic (exact) mass is 376 g/mol. The van der Waals surface area contributed by atoms with Gasteiger partial charge in [-0.15, -0.1) is 11.8 Å². The van der Waals surface area contributed by atoms with Gasteiger partial charge in [0, 0.05) is 34.6 Å². The normalized spacial score (nSPS) is 20.2. The number of nitrogens with zero attached hydrogens (tertiary/aromatic N) is 2. The number of halogens is 1. The first-order valence-corrected chi connectivity index (χ1v) is 9.52. The standard InChI is InChI=1S/C19H21ClN2O2S/c1-4-24-9-10-25-19-15(11-21)18(14-7-5-6-8-16(14)20)17(13(3)23)12(2)22-19/h5-8,15,18H,4,9-10H2,1-3H3/t15?,18-/m0/s1. The third-order valence-electron chi connectivity index (χ3n) is 4.02. The van der Waals surface area contributed by atoms with Crippen molar-refractivity contribution in [1.82, 2.24) is 0 Å². The summed E-state index contributed by atoms with van der Waals surface area (Å²) in [5.74, 6) is -0.301. The maximum Gasteiger partial charge on any atom is 0.158 e. The minimum absolute atomic E-state index is 0.0789. The van der Waals surface area contributed by atoms with Crippen LogP contribution in [0.2, 0.25) is 5.02 Å². The quantitative estimate of drug-likeness (QED) is 0.680. The van der Waals surface area contributed by atoms with E-state index in [1.54, 1.807) is 6.07 Å². The molecule has 0 radical (unpaired) electrons. The van der Waals surface area contributed by atoms with Crippen LogP contribution in [0.4, 0.5) is 0 Å². The molecule has 2 rings (SSSR count). The molecular formula is C19H21ClN2O2S. The van der Waals surface area contributed by atoms with Crippen molar-refractivity contribution in [2.45, 2.75) is 26.7 Å². The zero-order valence-electron chi connectivity index (χ0n) is 14.6. The van der Waals surface area contributed by atoms with Gasteiger partial charge in [0.2, 0.25) is 0 Å². The van der Waals surface area contributed by atoms with Crippen molar-refractivity contribution < 1.29 is 9.53 Å². The molecule has 1 aliphatic rings. The molecule has 1 aromatic carbocycles. The molecule has 0 saturated carbocycles. The van der Waals surface area contributed by atoms with E-state index < -0.39 is 11.8 Å². The number of Topliss-reactive ketones (excluding diaryl/α,β-unsaturated/α-hetero) is 1. The summed E-state index contributed by atoms with van der Waals surface area (Å²) in [5.41, 5.74) is 2.01. The van der Waals surface area contributed by atoms with Crippen molar-refractivity contribution in [3.63, 3.8) is 0 Å². The lowest BCUT2D eigenvalue weighted by Crippen LogP contribution is -2.28. The number of allylic oxidation sites excluding steroid dienone is 2. The summed E-state index contributed by atoms with van der Waals surface area (Å²) in [7, 11) is 0. The van der Waals surface area contributed by atoms with Crippen LogP contribution in [0.15, 0.2) is 40.5 Å². The Hall–Kier alpha value is -1.61. The summed E-state index contributed by atoms with van der Waals surface area (Å²) in [5, 5.41) is 11.1. The molecule has 6 heteroatoms. The lowest BCUT2D eigenvalue weighted by Gasteiger charge is -2.30. The van der Waals surface area contributed by atoms with E-state index >= 15 is 0 Å². The van der Waals surface area contributed by atoms with E-state index in [0.717, 1.165) is 10.6 Å². The first kappa shape index (κ1) is 19.7. The molecule has 25 heavy (non-hydrogen) atoms. The summed E-state index contributed by atoms with van der Waals surface area (Å²) in [6.07, 6.45) is 0. The Morgan fingerprint density at radius 3 is 2.76 bits per heavy atom. The van der Waals surface area contributed by atoms with Crippen molar-refractivity contribution in [2.75, 3.05) is 19.0 Å². The van der Waals surface area contributed by atoms with Crippen molar-refractivity contribution in [3.8, 4) is 6.07 Å². The lowest BCUT2D eigenvalue weighted by molar-refractivity contribution is -0.114. The number of carbonyl (C=O) groups excluding carboxylic acids is 1. The van der Waals surface area contributed by atoms with Gasteiger partial charge in [0.25, 0.3) is 0 Å². The van der Waals surface area contributed by atoms with Crippen LogP contribution in [0.25, 0.3) is 0 Å². The fourth-order valence-corrected chi connectivity index (χ4v) is 4.20. The molecule has 2 atom stereocenters. The van der Waals surface area contributed by atoms with E-state index in [-0.39, 0.29) is 5.78 Å². The van der Waals surface area contributed by atoms with Crippen LogP contribution in [0.5, 0.6) is 0 Å². The van der Waals surface area contributed by atoms with E-state index in [4.69, 9.17) is 16.3 Å². The molecule has 1 aliphatic heterocycles. The second-order valence-corrected chi connectivity index (χ2v) is 7.18. The minimum atomic E-state index is -0.533. The Bertz CT molecular complexity index is 752. The van der Waals surface area contributed by atoms with E-state index in [1.165, 1.54) is 18.7 Å². The fourth-order valence-electron chi connectivity index (χ4n) is 2.97. The van der Waals surface area contributed by atoms with Crippen LogP contribution < -0.4 is 0 Å². The number of thioether (sulfide) groups is 1. The smallest absolute Gasteiger partial charge is 0.158 e. The van der Waals surface area contributed by atoms with E-state index in [9.17, 15) is 10.1 Å². The molecule has 0 aliphatic carbocycles. The fraction of sp³-hybridized carbons (Fsp3) is 0.421. The summed E-state index contributed by atoms with van der Waals surface area (Å²) < 4.78 is 5.36. The number of carbonyl (C=O) groups is 1. The third-order valence-corrected chi connectivity index (χ3v) is 5.37. The van der Waals surface area contributed by atoms with Crippen molar-refractivity contribution in [3.05, 3.63) is 46.1 Å². The number of ether oxygens (including phenoxy) is 1. The number of ketones is 1. The molecular weight excluding hydrogens is 356 g/mol. The summed E-state index contributed by atoms with van der Waals surface area (Å²) in [4.78, 5) is 16.8. The minimum Gasteiger partial charge on any atom is -0.381 e. The first-order chi connectivity index (χ1) is 12.0. The Morgan fingerprint density at radius 1 is 1.44 bits per heavy atom. The van der Waals surface area contributed by atoms with Crippen LogP contribution >= 0.6 is 23.4 Å². The van der Waals surface area contributed by atoms with Crippen molar-refractivity contribution >= 4 is 34.2 Å². The molecule has 1 heterocycles. The predicted molar refractivity (Wildman–Crippen MR) is 103 cm³/mol. The van der Waals surface area contributed by atoms with Crippen molar-refractivity contribution in [1.29, 1.82) is 5.26 Å². The Labute approximate surface area is 157 Å². The molecule has 0 amide bonds. The molecule has 4 nitrogen and oxygen atoms in total.